The van der Waals surface area contributed by atoms with Crippen molar-refractivity contribution < 1.29 is 4.79 Å². The number of nitrogens with two attached hydrogens (primary N) is 1. The van der Waals surface area contributed by atoms with E-state index < -0.39 is 0 Å². The third-order valence-electron chi connectivity index (χ3n) is 4.94. The molecule has 1 aromatic carbocycles. The second-order valence-electron chi connectivity index (χ2n) is 7.02. The fraction of sp³-hybridized carbons (Fsp3) is 0.368. The van der Waals surface area contributed by atoms with Gasteiger partial charge in [0.1, 0.15) is 0 Å². The van der Waals surface area contributed by atoms with Gasteiger partial charge in [0.05, 0.1) is 30.7 Å². The van der Waals surface area contributed by atoms with E-state index in [1.165, 1.54) is 0 Å². The lowest BCUT2D eigenvalue weighted by Crippen LogP contribution is -2.28. The summed E-state index contributed by atoms with van der Waals surface area (Å²) in [5.74, 6) is -0.284. The Hall–Kier alpha value is -3.00. The van der Waals surface area contributed by atoms with E-state index in [4.69, 9.17) is 5.73 Å². The van der Waals surface area contributed by atoms with Crippen molar-refractivity contribution in [3.63, 3.8) is 0 Å². The Labute approximate surface area is 157 Å². The Bertz CT molecular complexity index is 894. The van der Waals surface area contributed by atoms with E-state index in [9.17, 15) is 4.79 Å². The molecule has 3 aromatic rings. The van der Waals surface area contributed by atoms with E-state index in [1.807, 2.05) is 30.3 Å². The monoisotopic (exact) mass is 365 g/mol. The molecule has 1 fully saturated rings. The standard InChI is InChI=1S/C19H23N7O/c20-15-6-8-17(9-7-15)26-13-18(23-24-26)19(27)22-16-10-21-25(12-16)11-14-4-2-1-3-5-14/h1-5,10,12-13,15,17H,6-9,11,20H2,(H,22,27). The summed E-state index contributed by atoms with van der Waals surface area (Å²) in [6, 6.07) is 10.6. The molecule has 8 nitrogen and oxygen atoms in total. The number of nitrogens with one attached hydrogen (secondary N) is 1. The van der Waals surface area contributed by atoms with Crippen molar-refractivity contribution in [1.82, 2.24) is 24.8 Å². The van der Waals surface area contributed by atoms with Crippen molar-refractivity contribution in [1.29, 1.82) is 0 Å². The molecule has 4 rings (SSSR count). The van der Waals surface area contributed by atoms with Crippen molar-refractivity contribution in [3.8, 4) is 0 Å². The number of nitrogens with zero attached hydrogens (tertiary/aromatic N) is 5. The largest absolute Gasteiger partial charge is 0.328 e. The molecule has 0 unspecified atom stereocenters. The van der Waals surface area contributed by atoms with Crippen LogP contribution in [0.4, 0.5) is 5.69 Å². The molecule has 8 heteroatoms. The lowest BCUT2D eigenvalue weighted by molar-refractivity contribution is 0.102. The molecule has 140 valence electrons. The molecule has 0 bridgehead atoms. The highest BCUT2D eigenvalue weighted by Gasteiger charge is 2.22. The lowest BCUT2D eigenvalue weighted by Gasteiger charge is -2.25. The molecule has 2 heterocycles. The number of carbonyl (C=O) groups excluding carboxylic acids is 1. The van der Waals surface area contributed by atoms with E-state index in [1.54, 1.807) is 28.0 Å². The third-order valence-corrected chi connectivity index (χ3v) is 4.94. The Kier molecular flexibility index (Phi) is 4.97. The second-order valence-corrected chi connectivity index (χ2v) is 7.02. The number of amides is 1. The SMILES string of the molecule is NC1CCC(n2cc(C(=O)Nc3cnn(Cc4ccccc4)c3)nn2)CC1. The first-order chi connectivity index (χ1) is 13.2. The average Bonchev–Trinajstić information content (AvgIpc) is 3.33. The van der Waals surface area contributed by atoms with E-state index in [-0.39, 0.29) is 18.0 Å². The van der Waals surface area contributed by atoms with Crippen molar-refractivity contribution in [2.24, 2.45) is 5.73 Å². The first kappa shape index (κ1) is 17.4. The summed E-state index contributed by atoms with van der Waals surface area (Å²) in [7, 11) is 0. The minimum absolute atomic E-state index is 0.271. The van der Waals surface area contributed by atoms with Gasteiger partial charge in [-0.3, -0.25) is 9.48 Å². The van der Waals surface area contributed by atoms with Gasteiger partial charge in [0, 0.05) is 12.2 Å². The number of rotatable bonds is 5. The van der Waals surface area contributed by atoms with Crippen LogP contribution >= 0.6 is 0 Å². The van der Waals surface area contributed by atoms with Gasteiger partial charge in [0.15, 0.2) is 5.69 Å². The number of hydrogen-bond acceptors (Lipinski definition) is 5. The van der Waals surface area contributed by atoms with E-state index >= 15 is 0 Å². The minimum Gasteiger partial charge on any atom is -0.328 e. The van der Waals surface area contributed by atoms with Crippen molar-refractivity contribution in [2.75, 3.05) is 5.32 Å². The summed E-state index contributed by atoms with van der Waals surface area (Å²) in [6.07, 6.45) is 9.05. The fourth-order valence-electron chi connectivity index (χ4n) is 3.41. The molecule has 0 atom stereocenters. The first-order valence-electron chi connectivity index (χ1n) is 9.22. The van der Waals surface area contributed by atoms with Gasteiger partial charge in [-0.15, -0.1) is 5.10 Å². The number of benzene rings is 1. The van der Waals surface area contributed by atoms with Gasteiger partial charge in [-0.05, 0) is 31.2 Å². The highest BCUT2D eigenvalue weighted by Crippen LogP contribution is 2.26. The summed E-state index contributed by atoms with van der Waals surface area (Å²) in [5, 5.41) is 15.3. The number of hydrogen-bond donors (Lipinski definition) is 2. The normalized spacial score (nSPS) is 19.7. The highest BCUT2D eigenvalue weighted by atomic mass is 16.2. The fourth-order valence-corrected chi connectivity index (χ4v) is 3.41. The molecule has 0 spiro atoms. The Morgan fingerprint density at radius 1 is 1.15 bits per heavy atom. The van der Waals surface area contributed by atoms with Crippen molar-refractivity contribution in [2.45, 2.75) is 44.3 Å². The number of aromatic nitrogens is 5. The van der Waals surface area contributed by atoms with E-state index in [2.05, 4.69) is 20.7 Å². The summed E-state index contributed by atoms with van der Waals surface area (Å²) < 4.78 is 3.58. The third kappa shape index (κ3) is 4.22. The molecule has 1 aliphatic carbocycles. The maximum absolute atomic E-state index is 12.4. The molecule has 3 N–H and O–H groups in total. The smallest absolute Gasteiger partial charge is 0.277 e. The topological polar surface area (TPSA) is 104 Å². The van der Waals surface area contributed by atoms with Crippen LogP contribution < -0.4 is 11.1 Å². The van der Waals surface area contributed by atoms with Crippen LogP contribution in [0.1, 0.15) is 47.8 Å². The van der Waals surface area contributed by atoms with E-state index in [0.29, 0.717) is 17.9 Å². The predicted molar refractivity (Wildman–Crippen MR) is 101 cm³/mol. The zero-order chi connectivity index (χ0) is 18.6. The van der Waals surface area contributed by atoms with Crippen LogP contribution in [-0.4, -0.2) is 36.7 Å². The second kappa shape index (κ2) is 7.71. The Balaban J connectivity index is 1.37. The summed E-state index contributed by atoms with van der Waals surface area (Å²) >= 11 is 0. The zero-order valence-electron chi connectivity index (χ0n) is 15.0. The molecular weight excluding hydrogens is 342 g/mol. The average molecular weight is 365 g/mol. The van der Waals surface area contributed by atoms with Gasteiger partial charge >= 0.3 is 0 Å². The van der Waals surface area contributed by atoms with Crippen LogP contribution in [0.2, 0.25) is 0 Å². The Morgan fingerprint density at radius 3 is 2.70 bits per heavy atom. The lowest BCUT2D eigenvalue weighted by atomic mass is 9.92. The van der Waals surface area contributed by atoms with Gasteiger partial charge in [-0.2, -0.15) is 5.10 Å². The maximum atomic E-state index is 12.4. The number of anilines is 1. The van der Waals surface area contributed by atoms with Crippen LogP contribution in [-0.2, 0) is 6.54 Å². The summed E-state index contributed by atoms with van der Waals surface area (Å²) in [4.78, 5) is 12.4. The summed E-state index contributed by atoms with van der Waals surface area (Å²) in [6.45, 7) is 0.650. The molecular formula is C19H23N7O. The van der Waals surface area contributed by atoms with E-state index in [0.717, 1.165) is 31.2 Å². The molecule has 0 aliphatic heterocycles. The Morgan fingerprint density at radius 2 is 1.93 bits per heavy atom. The van der Waals surface area contributed by atoms with Gasteiger partial charge in [0.2, 0.25) is 0 Å². The number of carbonyl (C=O) groups is 1. The predicted octanol–water partition coefficient (Wildman–Crippen LogP) is 2.22. The van der Waals surface area contributed by atoms with Crippen molar-refractivity contribution in [3.05, 3.63) is 60.2 Å². The molecule has 0 saturated heterocycles. The van der Waals surface area contributed by atoms with Crippen LogP contribution in [0.15, 0.2) is 48.9 Å². The maximum Gasteiger partial charge on any atom is 0.277 e. The van der Waals surface area contributed by atoms with Crippen molar-refractivity contribution >= 4 is 11.6 Å². The highest BCUT2D eigenvalue weighted by molar-refractivity contribution is 6.02. The van der Waals surface area contributed by atoms with Gasteiger partial charge < -0.3 is 11.1 Å². The molecule has 2 aromatic heterocycles. The van der Waals surface area contributed by atoms with Gasteiger partial charge in [-0.25, -0.2) is 4.68 Å². The van der Waals surface area contributed by atoms with Gasteiger partial charge in [-0.1, -0.05) is 35.5 Å². The zero-order valence-corrected chi connectivity index (χ0v) is 15.0. The molecule has 0 radical (unpaired) electrons. The van der Waals surface area contributed by atoms with Crippen LogP contribution in [0.25, 0.3) is 0 Å². The van der Waals surface area contributed by atoms with Crippen LogP contribution in [0, 0.1) is 0 Å². The quantitative estimate of drug-likeness (QED) is 0.721. The van der Waals surface area contributed by atoms with Gasteiger partial charge in [0.25, 0.3) is 5.91 Å². The first-order valence-corrected chi connectivity index (χ1v) is 9.22. The molecule has 1 saturated carbocycles. The molecule has 1 aliphatic rings. The minimum atomic E-state index is -0.284. The molecule has 27 heavy (non-hydrogen) atoms. The summed E-state index contributed by atoms with van der Waals surface area (Å²) in [5.41, 5.74) is 8.03. The van der Waals surface area contributed by atoms with Crippen LogP contribution in [0.3, 0.4) is 0 Å². The van der Waals surface area contributed by atoms with Crippen LogP contribution in [0.5, 0.6) is 0 Å². The molecule has 1 amide bonds.